The van der Waals surface area contributed by atoms with E-state index in [1.54, 1.807) is 18.2 Å². The number of rotatable bonds is 5. The third-order valence-corrected chi connectivity index (χ3v) is 8.62. The molecule has 1 aliphatic heterocycles. The monoisotopic (exact) mass is 488 g/mol. The van der Waals surface area contributed by atoms with Crippen molar-refractivity contribution in [1.82, 2.24) is 14.3 Å². The first-order chi connectivity index (χ1) is 16.8. The van der Waals surface area contributed by atoms with Gasteiger partial charge in [0.25, 0.3) is 0 Å². The number of H-pyrrole nitrogens is 1. The lowest BCUT2D eigenvalue weighted by atomic mass is 9.98. The summed E-state index contributed by atoms with van der Waals surface area (Å²) in [7, 11) is -3.76. The molecule has 1 saturated heterocycles. The van der Waals surface area contributed by atoms with Crippen LogP contribution in [0.1, 0.15) is 24.0 Å². The standard InChI is InChI=1S/C27H28N4O3S/c1-18-8-6-12-23(19(18)2)30-27(32)21-11-7-15-31(17-21)35(33,34)22-13-14-24-25(16-22)29-26(28-24)20-9-4-3-5-10-20/h3-6,8-10,12-14,16,21H,7,11,15,17H2,1-2H3,(H,28,29)(H,30,32). The van der Waals surface area contributed by atoms with Gasteiger partial charge in [0.1, 0.15) is 5.82 Å². The molecule has 1 aliphatic rings. The first-order valence-electron chi connectivity index (χ1n) is 11.8. The van der Waals surface area contributed by atoms with E-state index in [2.05, 4.69) is 15.3 Å². The van der Waals surface area contributed by atoms with Crippen molar-refractivity contribution < 1.29 is 13.2 Å². The van der Waals surface area contributed by atoms with Crippen molar-refractivity contribution >= 4 is 32.7 Å². The second-order valence-electron chi connectivity index (χ2n) is 9.07. The summed E-state index contributed by atoms with van der Waals surface area (Å²) in [5.74, 6) is 0.144. The van der Waals surface area contributed by atoms with Gasteiger partial charge in [0.15, 0.2) is 0 Å². The third kappa shape index (κ3) is 4.59. The topological polar surface area (TPSA) is 95.2 Å². The van der Waals surface area contributed by atoms with Gasteiger partial charge in [0.05, 0.1) is 21.8 Å². The number of nitrogens with zero attached hydrogens (tertiary/aromatic N) is 2. The average Bonchev–Trinajstić information content (AvgIpc) is 3.31. The lowest BCUT2D eigenvalue weighted by Crippen LogP contribution is -2.43. The number of sulfonamides is 1. The average molecular weight is 489 g/mol. The number of anilines is 1. The van der Waals surface area contributed by atoms with Crippen molar-refractivity contribution in [3.63, 3.8) is 0 Å². The van der Waals surface area contributed by atoms with E-state index in [9.17, 15) is 13.2 Å². The van der Waals surface area contributed by atoms with Crippen LogP contribution in [0.5, 0.6) is 0 Å². The number of aryl methyl sites for hydroxylation is 1. The van der Waals surface area contributed by atoms with Crippen LogP contribution in [0.25, 0.3) is 22.4 Å². The van der Waals surface area contributed by atoms with E-state index in [4.69, 9.17) is 0 Å². The lowest BCUT2D eigenvalue weighted by Gasteiger charge is -2.31. The SMILES string of the molecule is Cc1cccc(NC(=O)C2CCCN(S(=O)(=O)c3ccc4nc(-c5ccccc5)[nH]c4c3)C2)c1C. The van der Waals surface area contributed by atoms with Gasteiger partial charge >= 0.3 is 0 Å². The Labute approximate surface area is 205 Å². The first kappa shape index (κ1) is 23.3. The number of piperidine rings is 1. The molecule has 0 bridgehead atoms. The van der Waals surface area contributed by atoms with E-state index in [0.29, 0.717) is 36.2 Å². The summed E-state index contributed by atoms with van der Waals surface area (Å²) in [6, 6.07) is 20.4. The summed E-state index contributed by atoms with van der Waals surface area (Å²) in [6.45, 7) is 4.53. The summed E-state index contributed by atoms with van der Waals surface area (Å²) >= 11 is 0. The number of aromatic nitrogens is 2. The minimum Gasteiger partial charge on any atom is -0.338 e. The molecular formula is C27H28N4O3S. The zero-order valence-electron chi connectivity index (χ0n) is 19.8. The van der Waals surface area contributed by atoms with Gasteiger partial charge in [-0.3, -0.25) is 4.79 Å². The highest BCUT2D eigenvalue weighted by Crippen LogP contribution is 2.28. The second-order valence-corrected chi connectivity index (χ2v) is 11.0. The van der Waals surface area contributed by atoms with Crippen LogP contribution in [0.15, 0.2) is 71.6 Å². The number of carbonyl (C=O) groups excluding carboxylic acids is 1. The van der Waals surface area contributed by atoms with Gasteiger partial charge in [0.2, 0.25) is 15.9 Å². The molecule has 0 radical (unpaired) electrons. The molecule has 1 fully saturated rings. The largest absolute Gasteiger partial charge is 0.338 e. The highest BCUT2D eigenvalue weighted by Gasteiger charge is 2.33. The number of aromatic amines is 1. The minimum atomic E-state index is -3.76. The van der Waals surface area contributed by atoms with E-state index in [-0.39, 0.29) is 17.3 Å². The smallest absolute Gasteiger partial charge is 0.243 e. The molecule has 2 heterocycles. The van der Waals surface area contributed by atoms with Crippen molar-refractivity contribution in [3.05, 3.63) is 77.9 Å². The fourth-order valence-electron chi connectivity index (χ4n) is 4.53. The minimum absolute atomic E-state index is 0.143. The summed E-state index contributed by atoms with van der Waals surface area (Å²) in [5.41, 5.74) is 5.18. The first-order valence-corrected chi connectivity index (χ1v) is 13.2. The molecule has 35 heavy (non-hydrogen) atoms. The number of benzene rings is 3. The number of hydrogen-bond donors (Lipinski definition) is 2. The maximum absolute atomic E-state index is 13.5. The molecule has 4 aromatic rings. The number of carbonyl (C=O) groups is 1. The van der Waals surface area contributed by atoms with Crippen molar-refractivity contribution in [2.75, 3.05) is 18.4 Å². The summed E-state index contributed by atoms with van der Waals surface area (Å²) in [6.07, 6.45) is 1.29. The summed E-state index contributed by atoms with van der Waals surface area (Å²) in [4.78, 5) is 21.0. The Morgan fingerprint density at radius 1 is 1.06 bits per heavy atom. The number of imidazole rings is 1. The van der Waals surface area contributed by atoms with Gasteiger partial charge in [-0.2, -0.15) is 4.31 Å². The molecule has 0 saturated carbocycles. The molecule has 2 N–H and O–H groups in total. The Morgan fingerprint density at radius 3 is 2.66 bits per heavy atom. The number of hydrogen-bond acceptors (Lipinski definition) is 4. The molecule has 1 aromatic heterocycles. The zero-order valence-corrected chi connectivity index (χ0v) is 20.6. The van der Waals surface area contributed by atoms with Crippen LogP contribution in [0, 0.1) is 19.8 Å². The predicted octanol–water partition coefficient (Wildman–Crippen LogP) is 4.89. The number of nitrogens with one attached hydrogen (secondary N) is 2. The summed E-state index contributed by atoms with van der Waals surface area (Å²) < 4.78 is 28.4. The molecule has 1 atom stereocenters. The quantitative estimate of drug-likeness (QED) is 0.418. The van der Waals surface area contributed by atoms with E-state index in [1.807, 2.05) is 62.4 Å². The van der Waals surface area contributed by atoms with Crippen LogP contribution in [-0.4, -0.2) is 41.7 Å². The zero-order chi connectivity index (χ0) is 24.6. The Morgan fingerprint density at radius 2 is 1.86 bits per heavy atom. The Bertz CT molecular complexity index is 1500. The molecule has 3 aromatic carbocycles. The molecule has 1 unspecified atom stereocenters. The van der Waals surface area contributed by atoms with Crippen LogP contribution >= 0.6 is 0 Å². The van der Waals surface area contributed by atoms with E-state index in [0.717, 1.165) is 22.4 Å². The molecule has 0 aliphatic carbocycles. The number of fused-ring (bicyclic) bond motifs is 1. The van der Waals surface area contributed by atoms with Gasteiger partial charge in [-0.25, -0.2) is 13.4 Å². The van der Waals surface area contributed by atoms with E-state index < -0.39 is 15.9 Å². The second kappa shape index (κ2) is 9.28. The van der Waals surface area contributed by atoms with Crippen molar-refractivity contribution in [3.8, 4) is 11.4 Å². The maximum Gasteiger partial charge on any atom is 0.243 e. The van der Waals surface area contributed by atoms with Crippen molar-refractivity contribution in [2.24, 2.45) is 5.92 Å². The fraction of sp³-hybridized carbons (Fsp3) is 0.259. The van der Waals surface area contributed by atoms with Crippen molar-refractivity contribution in [1.29, 1.82) is 0 Å². The Balaban J connectivity index is 1.36. The highest BCUT2D eigenvalue weighted by atomic mass is 32.2. The fourth-order valence-corrected chi connectivity index (χ4v) is 6.08. The van der Waals surface area contributed by atoms with Gasteiger partial charge < -0.3 is 10.3 Å². The molecule has 1 amide bonds. The van der Waals surface area contributed by atoms with Crippen LogP contribution < -0.4 is 5.32 Å². The van der Waals surface area contributed by atoms with Crippen LogP contribution in [0.3, 0.4) is 0 Å². The normalized spacial score (nSPS) is 16.9. The predicted molar refractivity (Wildman–Crippen MR) is 138 cm³/mol. The molecule has 8 heteroatoms. The molecule has 5 rings (SSSR count). The lowest BCUT2D eigenvalue weighted by molar-refractivity contribution is -0.120. The van der Waals surface area contributed by atoms with Gasteiger partial charge in [-0.05, 0) is 62.1 Å². The Kier molecular flexibility index (Phi) is 6.17. The third-order valence-electron chi connectivity index (χ3n) is 6.76. The van der Waals surface area contributed by atoms with E-state index in [1.165, 1.54) is 4.31 Å². The molecule has 180 valence electrons. The molecule has 7 nitrogen and oxygen atoms in total. The maximum atomic E-state index is 13.5. The van der Waals surface area contributed by atoms with Crippen LogP contribution in [0.4, 0.5) is 5.69 Å². The van der Waals surface area contributed by atoms with Gasteiger partial charge in [-0.1, -0.05) is 42.5 Å². The molecule has 0 spiro atoms. The van der Waals surface area contributed by atoms with Crippen LogP contribution in [-0.2, 0) is 14.8 Å². The highest BCUT2D eigenvalue weighted by molar-refractivity contribution is 7.89. The Hall–Kier alpha value is -3.49. The molecular weight excluding hydrogens is 460 g/mol. The number of amides is 1. The summed E-state index contributed by atoms with van der Waals surface area (Å²) in [5, 5.41) is 3.00. The van der Waals surface area contributed by atoms with Crippen molar-refractivity contribution in [2.45, 2.75) is 31.6 Å². The van der Waals surface area contributed by atoms with Gasteiger partial charge in [0, 0.05) is 24.3 Å². The van der Waals surface area contributed by atoms with Crippen LogP contribution in [0.2, 0.25) is 0 Å². The van der Waals surface area contributed by atoms with Gasteiger partial charge in [-0.15, -0.1) is 0 Å². The van der Waals surface area contributed by atoms with E-state index >= 15 is 0 Å².